The van der Waals surface area contributed by atoms with Gasteiger partial charge in [0.1, 0.15) is 17.5 Å². The first-order chi connectivity index (χ1) is 18.2. The Morgan fingerprint density at radius 1 is 0.763 bits per heavy atom. The van der Waals surface area contributed by atoms with E-state index in [1.165, 1.54) is 0 Å². The number of carboxylic acid groups (broad SMARTS) is 2. The van der Waals surface area contributed by atoms with E-state index < -0.39 is 55.6 Å². The Bertz CT molecular complexity index is 1100. The normalized spacial score (nSPS) is 11.1. The van der Waals surface area contributed by atoms with Crippen molar-refractivity contribution in [2.24, 2.45) is 0 Å². The zero-order valence-corrected chi connectivity index (χ0v) is 20.7. The molecule has 3 N–H and O–H groups in total. The summed E-state index contributed by atoms with van der Waals surface area (Å²) in [6, 6.07) is 11.8. The summed E-state index contributed by atoms with van der Waals surface area (Å²) in [4.78, 5) is 57.9. The minimum absolute atomic E-state index is 0.000211. The van der Waals surface area contributed by atoms with Gasteiger partial charge >= 0.3 is 23.9 Å². The molecule has 0 heterocycles. The van der Waals surface area contributed by atoms with Crippen LogP contribution in [0.3, 0.4) is 0 Å². The van der Waals surface area contributed by atoms with Gasteiger partial charge in [0.05, 0.1) is 6.61 Å². The van der Waals surface area contributed by atoms with Crippen molar-refractivity contribution in [3.63, 3.8) is 0 Å². The molecular formula is C26H29NO11. The van der Waals surface area contributed by atoms with Crippen molar-refractivity contribution >= 4 is 29.8 Å². The Balaban J connectivity index is 1.82. The predicted octanol–water partition coefficient (Wildman–Crippen LogP) is 1.38. The number of benzene rings is 2. The molecule has 0 aromatic heterocycles. The Morgan fingerprint density at radius 2 is 1.29 bits per heavy atom. The molecule has 1 amide bonds. The molecule has 0 radical (unpaired) electrons. The highest BCUT2D eigenvalue weighted by Crippen LogP contribution is 2.15. The maximum atomic E-state index is 12.4. The van der Waals surface area contributed by atoms with Gasteiger partial charge in [-0.15, -0.1) is 0 Å². The van der Waals surface area contributed by atoms with Crippen molar-refractivity contribution in [1.82, 2.24) is 5.32 Å². The number of rotatable bonds is 16. The van der Waals surface area contributed by atoms with Gasteiger partial charge in [-0.25, -0.2) is 14.4 Å². The standard InChI is InChI=1S/C26H29NO11/c1-2-35-26(34)21(13-18-5-10-20(11-6-18)37-16-24(31)32)27-22(28)14-38-25(33)12-7-17-3-8-19(9-4-17)36-15-23(29)30/h3-6,8-11,21H,2,7,12-16H2,1H3,(H,27,28)(H,29,30)(H,31,32)/t21-/m0/s1. The lowest BCUT2D eigenvalue weighted by molar-refractivity contribution is -0.151. The molecular weight excluding hydrogens is 502 g/mol. The molecule has 1 atom stereocenters. The van der Waals surface area contributed by atoms with E-state index in [2.05, 4.69) is 5.32 Å². The van der Waals surface area contributed by atoms with Crippen molar-refractivity contribution in [3.8, 4) is 11.5 Å². The first-order valence-electron chi connectivity index (χ1n) is 11.6. The molecule has 2 aromatic carbocycles. The smallest absolute Gasteiger partial charge is 0.341 e. The molecule has 0 fully saturated rings. The third kappa shape index (κ3) is 11.4. The minimum Gasteiger partial charge on any atom is -0.482 e. The second-order valence-electron chi connectivity index (χ2n) is 7.89. The number of hydrogen-bond acceptors (Lipinski definition) is 9. The van der Waals surface area contributed by atoms with E-state index in [9.17, 15) is 24.0 Å². The molecule has 204 valence electrons. The lowest BCUT2D eigenvalue weighted by Crippen LogP contribution is -2.45. The lowest BCUT2D eigenvalue weighted by Gasteiger charge is -2.17. The monoisotopic (exact) mass is 531 g/mol. The van der Waals surface area contributed by atoms with Crippen LogP contribution in [0.1, 0.15) is 24.5 Å². The average molecular weight is 532 g/mol. The van der Waals surface area contributed by atoms with E-state index in [0.717, 1.165) is 5.56 Å². The van der Waals surface area contributed by atoms with Gasteiger partial charge in [-0.05, 0) is 48.7 Å². The predicted molar refractivity (Wildman–Crippen MR) is 131 cm³/mol. The number of aryl methyl sites for hydroxylation is 1. The van der Waals surface area contributed by atoms with Crippen LogP contribution < -0.4 is 14.8 Å². The van der Waals surface area contributed by atoms with E-state index in [1.54, 1.807) is 55.5 Å². The minimum atomic E-state index is -1.11. The van der Waals surface area contributed by atoms with Gasteiger partial charge < -0.3 is 34.5 Å². The van der Waals surface area contributed by atoms with Gasteiger partial charge in [0.15, 0.2) is 19.8 Å². The van der Waals surface area contributed by atoms with Crippen molar-refractivity contribution in [2.45, 2.75) is 32.2 Å². The highest BCUT2D eigenvalue weighted by Gasteiger charge is 2.23. The van der Waals surface area contributed by atoms with Crippen LogP contribution in [0.15, 0.2) is 48.5 Å². The van der Waals surface area contributed by atoms with Crippen LogP contribution in [0.25, 0.3) is 0 Å². The van der Waals surface area contributed by atoms with Crippen LogP contribution in [-0.2, 0) is 46.3 Å². The molecule has 0 aliphatic heterocycles. The summed E-state index contributed by atoms with van der Waals surface area (Å²) in [5.74, 6) is -3.44. The first kappa shape index (κ1) is 29.6. The fourth-order valence-electron chi connectivity index (χ4n) is 3.14. The van der Waals surface area contributed by atoms with Crippen LogP contribution in [-0.4, -0.2) is 72.5 Å². The van der Waals surface area contributed by atoms with Gasteiger partial charge in [-0.2, -0.15) is 0 Å². The Morgan fingerprint density at radius 3 is 1.79 bits per heavy atom. The molecule has 12 heteroatoms. The number of amides is 1. The number of carboxylic acids is 2. The second-order valence-corrected chi connectivity index (χ2v) is 7.89. The Kier molecular flexibility index (Phi) is 12.1. The fourth-order valence-corrected chi connectivity index (χ4v) is 3.14. The SMILES string of the molecule is CCOC(=O)[C@H](Cc1ccc(OCC(=O)O)cc1)NC(=O)COC(=O)CCc1ccc(OCC(=O)O)cc1. The van der Waals surface area contributed by atoms with Crippen LogP contribution in [0.4, 0.5) is 0 Å². The summed E-state index contributed by atoms with van der Waals surface area (Å²) in [6.45, 7) is 0.202. The number of hydrogen-bond donors (Lipinski definition) is 3. The molecule has 2 rings (SSSR count). The van der Waals surface area contributed by atoms with Gasteiger partial charge in [0, 0.05) is 12.8 Å². The maximum Gasteiger partial charge on any atom is 0.341 e. The molecule has 0 aliphatic rings. The van der Waals surface area contributed by atoms with Gasteiger partial charge in [0.25, 0.3) is 5.91 Å². The van der Waals surface area contributed by atoms with Gasteiger partial charge in [0.2, 0.25) is 0 Å². The Hall–Kier alpha value is -4.61. The molecule has 0 saturated carbocycles. The summed E-state index contributed by atoms with van der Waals surface area (Å²) < 4.78 is 20.1. The van der Waals surface area contributed by atoms with Gasteiger partial charge in [-0.3, -0.25) is 9.59 Å². The molecule has 38 heavy (non-hydrogen) atoms. The van der Waals surface area contributed by atoms with Crippen LogP contribution in [0.5, 0.6) is 11.5 Å². The maximum absolute atomic E-state index is 12.4. The molecule has 0 unspecified atom stereocenters. The van der Waals surface area contributed by atoms with E-state index in [4.69, 9.17) is 29.2 Å². The fraction of sp³-hybridized carbons (Fsp3) is 0.346. The average Bonchev–Trinajstić information content (AvgIpc) is 2.89. The number of esters is 2. The van der Waals surface area contributed by atoms with E-state index in [-0.39, 0.29) is 19.4 Å². The topological polar surface area (TPSA) is 175 Å². The largest absolute Gasteiger partial charge is 0.482 e. The van der Waals surface area contributed by atoms with E-state index in [0.29, 0.717) is 23.5 Å². The van der Waals surface area contributed by atoms with Crippen LogP contribution in [0, 0.1) is 0 Å². The van der Waals surface area contributed by atoms with Crippen molar-refractivity contribution < 1.29 is 53.1 Å². The third-order valence-electron chi connectivity index (χ3n) is 4.90. The van der Waals surface area contributed by atoms with Crippen molar-refractivity contribution in [1.29, 1.82) is 0 Å². The number of carbonyl (C=O) groups excluding carboxylic acids is 3. The van der Waals surface area contributed by atoms with Crippen LogP contribution in [0.2, 0.25) is 0 Å². The highest BCUT2D eigenvalue weighted by molar-refractivity contribution is 5.86. The van der Waals surface area contributed by atoms with Crippen LogP contribution >= 0.6 is 0 Å². The number of ether oxygens (including phenoxy) is 4. The molecule has 2 aromatic rings. The van der Waals surface area contributed by atoms with E-state index in [1.807, 2.05) is 0 Å². The molecule has 0 bridgehead atoms. The zero-order valence-electron chi connectivity index (χ0n) is 20.7. The molecule has 0 saturated heterocycles. The quantitative estimate of drug-likeness (QED) is 0.267. The third-order valence-corrected chi connectivity index (χ3v) is 4.90. The summed E-state index contributed by atoms with van der Waals surface area (Å²) >= 11 is 0. The summed E-state index contributed by atoms with van der Waals surface area (Å²) in [7, 11) is 0. The first-order valence-corrected chi connectivity index (χ1v) is 11.6. The zero-order chi connectivity index (χ0) is 27.9. The number of aliphatic carboxylic acids is 2. The highest BCUT2D eigenvalue weighted by atomic mass is 16.5. The van der Waals surface area contributed by atoms with Crippen molar-refractivity contribution in [2.75, 3.05) is 26.4 Å². The van der Waals surface area contributed by atoms with Crippen molar-refractivity contribution in [3.05, 3.63) is 59.7 Å². The molecule has 12 nitrogen and oxygen atoms in total. The second kappa shape index (κ2) is 15.5. The summed E-state index contributed by atoms with van der Waals surface area (Å²) in [6.07, 6.45) is 0.418. The number of nitrogens with one attached hydrogen (secondary N) is 1. The van der Waals surface area contributed by atoms with Gasteiger partial charge in [-0.1, -0.05) is 24.3 Å². The summed E-state index contributed by atoms with van der Waals surface area (Å²) in [5.41, 5.74) is 1.44. The Labute approximate surface area is 218 Å². The lowest BCUT2D eigenvalue weighted by atomic mass is 10.1. The molecule has 0 aliphatic carbocycles. The number of carbonyl (C=O) groups is 5. The molecule has 0 spiro atoms. The summed E-state index contributed by atoms with van der Waals surface area (Å²) in [5, 5.41) is 19.8. The van der Waals surface area contributed by atoms with E-state index >= 15 is 0 Å².